The van der Waals surface area contributed by atoms with Crippen LogP contribution in [-0.4, -0.2) is 49.3 Å². The molecule has 3 rings (SSSR count). The van der Waals surface area contributed by atoms with Crippen molar-refractivity contribution in [2.24, 2.45) is 11.1 Å². The molecular formula is C19H29ClN2O3. The zero-order chi connectivity index (χ0) is 17.2. The molecule has 2 aliphatic heterocycles. The standard InChI is InChI=1S/C19H28N2O3.ClH/c1-19(2)13-21(10-9-17(19)20)18(22)15-7-3-4-8-16(15)24-12-14-6-5-11-23-14;/h3-4,7-8,14,17H,5-6,9-13,20H2,1-2H3;1H. The number of halogens is 1. The summed E-state index contributed by atoms with van der Waals surface area (Å²) in [5, 5.41) is 0. The lowest BCUT2D eigenvalue weighted by atomic mass is 9.79. The van der Waals surface area contributed by atoms with Gasteiger partial charge in [-0.25, -0.2) is 0 Å². The van der Waals surface area contributed by atoms with Gasteiger partial charge in [-0.1, -0.05) is 26.0 Å². The summed E-state index contributed by atoms with van der Waals surface area (Å²) in [5.74, 6) is 0.670. The third-order valence-corrected chi connectivity index (χ3v) is 5.17. The second-order valence-electron chi connectivity index (χ2n) is 7.55. The number of carbonyl (C=O) groups is 1. The first-order valence-electron chi connectivity index (χ1n) is 8.86. The Hall–Kier alpha value is -1.30. The minimum absolute atomic E-state index is 0. The van der Waals surface area contributed by atoms with E-state index in [4.69, 9.17) is 15.2 Å². The zero-order valence-electron chi connectivity index (χ0n) is 15.1. The van der Waals surface area contributed by atoms with Gasteiger partial charge >= 0.3 is 0 Å². The van der Waals surface area contributed by atoms with Gasteiger partial charge in [0.05, 0.1) is 11.7 Å². The van der Waals surface area contributed by atoms with Gasteiger partial charge in [-0.15, -0.1) is 12.4 Å². The van der Waals surface area contributed by atoms with E-state index in [1.165, 1.54) is 0 Å². The normalized spacial score (nSPS) is 25.3. The molecule has 0 aromatic heterocycles. The van der Waals surface area contributed by atoms with Crippen LogP contribution < -0.4 is 10.5 Å². The quantitative estimate of drug-likeness (QED) is 0.887. The van der Waals surface area contributed by atoms with E-state index >= 15 is 0 Å². The molecular weight excluding hydrogens is 340 g/mol. The fraction of sp³-hybridized carbons (Fsp3) is 0.632. The summed E-state index contributed by atoms with van der Waals surface area (Å²) in [6, 6.07) is 7.62. The number of piperidine rings is 1. The van der Waals surface area contributed by atoms with Crippen LogP contribution in [0.15, 0.2) is 24.3 Å². The number of amides is 1. The van der Waals surface area contributed by atoms with Gasteiger partial charge in [0.2, 0.25) is 0 Å². The van der Waals surface area contributed by atoms with Gasteiger partial charge in [0.15, 0.2) is 0 Å². The number of para-hydroxylation sites is 1. The molecule has 2 aliphatic rings. The Kier molecular flexibility index (Phi) is 6.72. The molecule has 2 N–H and O–H groups in total. The van der Waals surface area contributed by atoms with Crippen LogP contribution in [0.4, 0.5) is 0 Å². The average molecular weight is 369 g/mol. The minimum Gasteiger partial charge on any atom is -0.490 e. The number of benzene rings is 1. The first kappa shape index (κ1) is 20.0. The molecule has 5 nitrogen and oxygen atoms in total. The van der Waals surface area contributed by atoms with Crippen molar-refractivity contribution < 1.29 is 14.3 Å². The molecule has 0 radical (unpaired) electrons. The molecule has 1 aromatic carbocycles. The Bertz CT molecular complexity index is 588. The predicted molar refractivity (Wildman–Crippen MR) is 100 cm³/mol. The molecule has 140 valence electrons. The van der Waals surface area contributed by atoms with E-state index in [1.807, 2.05) is 29.2 Å². The maximum atomic E-state index is 13.0. The molecule has 1 aromatic rings. The first-order chi connectivity index (χ1) is 11.5. The highest BCUT2D eigenvalue weighted by molar-refractivity contribution is 5.97. The lowest BCUT2D eigenvalue weighted by molar-refractivity contribution is 0.0514. The number of hydrogen-bond donors (Lipinski definition) is 1. The number of nitrogens with two attached hydrogens (primary N) is 1. The summed E-state index contributed by atoms with van der Waals surface area (Å²) in [6.45, 7) is 6.92. The molecule has 1 amide bonds. The van der Waals surface area contributed by atoms with Crippen LogP contribution in [0.2, 0.25) is 0 Å². The van der Waals surface area contributed by atoms with E-state index in [9.17, 15) is 4.79 Å². The summed E-state index contributed by atoms with van der Waals surface area (Å²) >= 11 is 0. The van der Waals surface area contributed by atoms with Crippen LogP contribution in [0.25, 0.3) is 0 Å². The summed E-state index contributed by atoms with van der Waals surface area (Å²) < 4.78 is 11.5. The third-order valence-electron chi connectivity index (χ3n) is 5.17. The van der Waals surface area contributed by atoms with Gasteiger partial charge < -0.3 is 20.1 Å². The third kappa shape index (κ3) is 4.66. The van der Waals surface area contributed by atoms with Crippen molar-refractivity contribution in [1.29, 1.82) is 0 Å². The van der Waals surface area contributed by atoms with Crippen molar-refractivity contribution in [2.45, 2.75) is 45.3 Å². The summed E-state index contributed by atoms with van der Waals surface area (Å²) in [4.78, 5) is 14.9. The Labute approximate surface area is 156 Å². The molecule has 2 fully saturated rings. The summed E-state index contributed by atoms with van der Waals surface area (Å²) in [5.41, 5.74) is 6.74. The van der Waals surface area contributed by atoms with Gasteiger partial charge in [-0.2, -0.15) is 0 Å². The zero-order valence-corrected chi connectivity index (χ0v) is 15.9. The molecule has 0 saturated carbocycles. The summed E-state index contributed by atoms with van der Waals surface area (Å²) in [6.07, 6.45) is 3.07. The van der Waals surface area contributed by atoms with Crippen molar-refractivity contribution in [3.8, 4) is 5.75 Å². The highest BCUT2D eigenvalue weighted by atomic mass is 35.5. The van der Waals surface area contributed by atoms with Crippen molar-refractivity contribution in [3.05, 3.63) is 29.8 Å². The van der Waals surface area contributed by atoms with Gasteiger partial charge in [0.25, 0.3) is 5.91 Å². The summed E-state index contributed by atoms with van der Waals surface area (Å²) in [7, 11) is 0. The Morgan fingerprint density at radius 1 is 1.36 bits per heavy atom. The Morgan fingerprint density at radius 3 is 2.80 bits per heavy atom. The molecule has 2 heterocycles. The van der Waals surface area contributed by atoms with Gasteiger partial charge in [0.1, 0.15) is 12.4 Å². The molecule has 0 bridgehead atoms. The second-order valence-corrected chi connectivity index (χ2v) is 7.55. The first-order valence-corrected chi connectivity index (χ1v) is 8.86. The van der Waals surface area contributed by atoms with Crippen molar-refractivity contribution in [2.75, 3.05) is 26.3 Å². The van der Waals surface area contributed by atoms with Crippen LogP contribution >= 0.6 is 12.4 Å². The van der Waals surface area contributed by atoms with E-state index in [-0.39, 0.29) is 35.9 Å². The van der Waals surface area contributed by atoms with Crippen LogP contribution in [-0.2, 0) is 4.74 Å². The monoisotopic (exact) mass is 368 g/mol. The molecule has 6 heteroatoms. The molecule has 0 aliphatic carbocycles. The largest absolute Gasteiger partial charge is 0.490 e. The van der Waals surface area contributed by atoms with Gasteiger partial charge in [-0.05, 0) is 36.8 Å². The van der Waals surface area contributed by atoms with E-state index in [0.29, 0.717) is 31.0 Å². The molecule has 2 saturated heterocycles. The van der Waals surface area contributed by atoms with Crippen LogP contribution in [0, 0.1) is 5.41 Å². The number of likely N-dealkylation sites (tertiary alicyclic amines) is 1. The van der Waals surface area contributed by atoms with E-state index in [0.717, 1.165) is 25.9 Å². The Balaban J connectivity index is 0.00000225. The van der Waals surface area contributed by atoms with Crippen molar-refractivity contribution >= 4 is 18.3 Å². The maximum Gasteiger partial charge on any atom is 0.257 e. The number of rotatable bonds is 4. The van der Waals surface area contributed by atoms with E-state index < -0.39 is 0 Å². The lowest BCUT2D eigenvalue weighted by Gasteiger charge is -2.42. The van der Waals surface area contributed by atoms with Crippen LogP contribution in [0.5, 0.6) is 5.75 Å². The fourth-order valence-corrected chi connectivity index (χ4v) is 3.45. The van der Waals surface area contributed by atoms with Crippen LogP contribution in [0.1, 0.15) is 43.5 Å². The minimum atomic E-state index is -0.0681. The highest BCUT2D eigenvalue weighted by Gasteiger charge is 2.36. The van der Waals surface area contributed by atoms with E-state index in [2.05, 4.69) is 13.8 Å². The molecule has 25 heavy (non-hydrogen) atoms. The van der Waals surface area contributed by atoms with Crippen molar-refractivity contribution in [1.82, 2.24) is 4.90 Å². The van der Waals surface area contributed by atoms with Gasteiger partial charge in [-0.3, -0.25) is 4.79 Å². The molecule has 2 unspecified atom stereocenters. The predicted octanol–water partition coefficient (Wildman–Crippen LogP) is 2.87. The average Bonchev–Trinajstić information content (AvgIpc) is 3.08. The van der Waals surface area contributed by atoms with Crippen molar-refractivity contribution in [3.63, 3.8) is 0 Å². The van der Waals surface area contributed by atoms with E-state index in [1.54, 1.807) is 0 Å². The maximum absolute atomic E-state index is 13.0. The second kappa shape index (κ2) is 8.39. The lowest BCUT2D eigenvalue weighted by Crippen LogP contribution is -2.54. The highest BCUT2D eigenvalue weighted by Crippen LogP contribution is 2.30. The van der Waals surface area contributed by atoms with Crippen LogP contribution in [0.3, 0.4) is 0 Å². The number of carbonyl (C=O) groups excluding carboxylic acids is 1. The topological polar surface area (TPSA) is 64.8 Å². The number of ether oxygens (including phenoxy) is 2. The smallest absolute Gasteiger partial charge is 0.257 e. The SMILES string of the molecule is CC1(C)CN(C(=O)c2ccccc2OCC2CCCO2)CCC1N.Cl. The number of nitrogens with zero attached hydrogens (tertiary/aromatic N) is 1. The molecule has 0 spiro atoms. The van der Waals surface area contributed by atoms with Gasteiger partial charge in [0, 0.05) is 25.7 Å². The Morgan fingerprint density at radius 2 is 2.12 bits per heavy atom. The number of hydrogen-bond acceptors (Lipinski definition) is 4. The fourth-order valence-electron chi connectivity index (χ4n) is 3.45. The molecule has 2 atom stereocenters.